The van der Waals surface area contributed by atoms with Crippen molar-refractivity contribution in [2.75, 3.05) is 54.5 Å². The van der Waals surface area contributed by atoms with Gasteiger partial charge in [0.1, 0.15) is 36.2 Å². The van der Waals surface area contributed by atoms with Gasteiger partial charge in [0.25, 0.3) is 5.88 Å². The number of carbonyl (C=O) groups is 4. The molecule has 0 N–H and O–H groups in total. The summed E-state index contributed by atoms with van der Waals surface area (Å²) >= 11 is 0. The Balaban J connectivity index is 1.63. The van der Waals surface area contributed by atoms with E-state index in [9.17, 15) is 19.2 Å². The Morgan fingerprint density at radius 1 is 0.694 bits per heavy atom. The number of ether oxygens (including phenoxy) is 6. The van der Waals surface area contributed by atoms with Crippen molar-refractivity contribution in [3.05, 3.63) is 66.8 Å². The van der Waals surface area contributed by atoms with Crippen molar-refractivity contribution in [2.24, 2.45) is 0 Å². The molecule has 49 heavy (non-hydrogen) atoms. The third-order valence-electron chi connectivity index (χ3n) is 7.10. The second kappa shape index (κ2) is 14.0. The topological polar surface area (TPSA) is 161 Å². The third kappa shape index (κ3) is 7.42. The minimum absolute atomic E-state index is 0.00354. The van der Waals surface area contributed by atoms with Crippen LogP contribution in [0.3, 0.4) is 0 Å². The Kier molecular flexibility index (Phi) is 9.37. The summed E-state index contributed by atoms with van der Waals surface area (Å²) in [5.74, 6) is -4.19. The highest BCUT2D eigenvalue weighted by molar-refractivity contribution is 6.05. The maximum Gasteiger partial charge on any atom is 0.337 e. The maximum atomic E-state index is 12.9. The molecule has 0 aliphatic carbocycles. The number of aromatic nitrogens is 3. The molecule has 4 aromatic rings. The highest BCUT2D eigenvalue weighted by Gasteiger charge is 2.33. The number of likely N-dealkylation sites (N-methyl/N-ethyl adjacent to an activating group) is 2. The van der Waals surface area contributed by atoms with Gasteiger partial charge < -0.3 is 38.2 Å². The number of carbonyl (C=O) groups excluding carboxylic acids is 4. The Bertz CT molecular complexity index is 2030. The smallest absolute Gasteiger partial charge is 0.337 e. The van der Waals surface area contributed by atoms with Gasteiger partial charge in [-0.3, -0.25) is 0 Å². The monoisotopic (exact) mass is 669 g/mol. The minimum atomic E-state index is -1.06. The Hall–Kier alpha value is -6.06. The lowest BCUT2D eigenvalue weighted by molar-refractivity contribution is -0.134. The fourth-order valence-electron chi connectivity index (χ4n) is 4.79. The van der Waals surface area contributed by atoms with Gasteiger partial charge in [0.05, 0.1) is 11.1 Å². The largest absolute Gasteiger partial charge is 0.492 e. The molecule has 2 bridgehead atoms. The van der Waals surface area contributed by atoms with Crippen molar-refractivity contribution in [2.45, 2.75) is 0 Å². The van der Waals surface area contributed by atoms with E-state index in [0.29, 0.717) is 43.5 Å². The Morgan fingerprint density at radius 2 is 1.29 bits per heavy atom. The van der Waals surface area contributed by atoms with Crippen LogP contribution in [0.2, 0.25) is 0 Å². The summed E-state index contributed by atoms with van der Waals surface area (Å²) in [6, 6.07) is 11.8. The summed E-state index contributed by atoms with van der Waals surface area (Å²) in [5, 5.41) is 4.93. The van der Waals surface area contributed by atoms with Gasteiger partial charge in [-0.2, -0.15) is 10.1 Å². The number of esters is 4. The zero-order chi connectivity index (χ0) is 34.7. The fourth-order valence-corrected chi connectivity index (χ4v) is 4.79. The van der Waals surface area contributed by atoms with Crippen molar-refractivity contribution in [1.29, 1.82) is 0 Å². The van der Waals surface area contributed by atoms with Crippen molar-refractivity contribution in [3.8, 4) is 51.6 Å². The van der Waals surface area contributed by atoms with E-state index in [1.54, 1.807) is 36.4 Å². The SMILES string of the molecule is CN(C)CCOc1cccc(-n2nc3c4c5c(c(nc42)OC(=O)/C=C/C(=O)Oc2cc(OCCN(C)C)ccc2-3)OC(=O)/C=C/C(=O)O5)c1. The number of pyridine rings is 1. The zero-order valence-corrected chi connectivity index (χ0v) is 27.0. The fraction of sp³-hybridized carbons (Fsp3) is 0.235. The van der Waals surface area contributed by atoms with Crippen LogP contribution in [0, 0.1) is 0 Å². The summed E-state index contributed by atoms with van der Waals surface area (Å²) in [6.07, 6.45) is 3.45. The summed E-state index contributed by atoms with van der Waals surface area (Å²) < 4.78 is 35.6. The third-order valence-corrected chi connectivity index (χ3v) is 7.10. The molecule has 0 saturated heterocycles. The van der Waals surface area contributed by atoms with E-state index in [-0.39, 0.29) is 33.8 Å². The predicted octanol–water partition coefficient (Wildman–Crippen LogP) is 2.73. The van der Waals surface area contributed by atoms with E-state index < -0.39 is 35.5 Å². The average molecular weight is 670 g/mol. The first kappa shape index (κ1) is 32.9. The first-order valence-corrected chi connectivity index (χ1v) is 15.1. The standard InChI is InChI=1S/C34H31N5O10/c1-37(2)14-16-44-21-7-5-6-20(18-21)39-33-29-30(36-39)23-9-8-22(45-17-15-38(3)4)19-24(23)46-25(40)10-13-28(43)49-34(35-33)32-31(29)47-26(41)11-12-27(42)48-32/h5-13,18-19H,14-17H2,1-4H3/b12-11+,13-10+. The average Bonchev–Trinajstić information content (AvgIpc) is 3.42. The van der Waals surface area contributed by atoms with Crippen molar-refractivity contribution >= 4 is 34.9 Å². The van der Waals surface area contributed by atoms with Gasteiger partial charge in [-0.05, 0) is 52.5 Å². The maximum absolute atomic E-state index is 12.9. The highest BCUT2D eigenvalue weighted by atomic mass is 16.6. The normalized spacial score (nSPS) is 15.6. The van der Waals surface area contributed by atoms with Crippen LogP contribution in [0.1, 0.15) is 0 Å². The molecule has 15 heteroatoms. The van der Waals surface area contributed by atoms with E-state index in [1.807, 2.05) is 38.0 Å². The second-order valence-electron chi connectivity index (χ2n) is 11.3. The molecular weight excluding hydrogens is 638 g/mol. The molecule has 0 amide bonds. The van der Waals surface area contributed by atoms with Gasteiger partial charge in [-0.25, -0.2) is 23.9 Å². The second-order valence-corrected chi connectivity index (χ2v) is 11.3. The van der Waals surface area contributed by atoms with Crippen LogP contribution in [-0.4, -0.2) is 103 Å². The number of rotatable bonds is 9. The van der Waals surface area contributed by atoms with Gasteiger partial charge in [-0.1, -0.05) is 6.07 Å². The number of hydrogen-bond acceptors (Lipinski definition) is 14. The van der Waals surface area contributed by atoms with Gasteiger partial charge in [0.2, 0.25) is 5.75 Å². The van der Waals surface area contributed by atoms with Gasteiger partial charge >= 0.3 is 23.9 Å². The van der Waals surface area contributed by atoms with Crippen molar-refractivity contribution in [1.82, 2.24) is 24.6 Å². The van der Waals surface area contributed by atoms with E-state index >= 15 is 0 Å². The van der Waals surface area contributed by atoms with Crippen molar-refractivity contribution in [3.63, 3.8) is 0 Å². The Morgan fingerprint density at radius 3 is 1.94 bits per heavy atom. The molecular formula is C34H31N5O10. The summed E-state index contributed by atoms with van der Waals surface area (Å²) in [4.78, 5) is 59.9. The van der Waals surface area contributed by atoms with E-state index in [2.05, 4.69) is 4.98 Å². The molecule has 0 unspecified atom stereocenters. The summed E-state index contributed by atoms with van der Waals surface area (Å²) in [6.45, 7) is 2.04. The molecule has 0 saturated carbocycles. The van der Waals surface area contributed by atoms with Crippen LogP contribution >= 0.6 is 0 Å². The quantitative estimate of drug-likeness (QED) is 0.189. The molecule has 2 aliphatic rings. The van der Waals surface area contributed by atoms with E-state index in [0.717, 1.165) is 24.3 Å². The van der Waals surface area contributed by atoms with E-state index in [4.69, 9.17) is 33.5 Å². The predicted molar refractivity (Wildman–Crippen MR) is 173 cm³/mol. The molecule has 0 atom stereocenters. The molecule has 15 nitrogen and oxygen atoms in total. The number of hydrogen-bond donors (Lipinski definition) is 0. The number of nitrogens with zero attached hydrogens (tertiary/aromatic N) is 5. The Labute approximate surface area is 279 Å². The molecule has 2 aromatic carbocycles. The van der Waals surface area contributed by atoms with Crippen LogP contribution < -0.4 is 28.4 Å². The lowest BCUT2D eigenvalue weighted by Crippen LogP contribution is -2.19. The van der Waals surface area contributed by atoms with Gasteiger partial charge in [-0.15, -0.1) is 0 Å². The van der Waals surface area contributed by atoms with Crippen LogP contribution in [0.25, 0.3) is 28.0 Å². The van der Waals surface area contributed by atoms with Gasteiger partial charge in [0.15, 0.2) is 11.4 Å². The van der Waals surface area contributed by atoms with Crippen LogP contribution in [-0.2, 0) is 19.2 Å². The molecule has 4 heterocycles. The van der Waals surface area contributed by atoms with Crippen LogP contribution in [0.15, 0.2) is 66.8 Å². The molecule has 6 rings (SSSR count). The number of fused-ring (bicyclic) bond motifs is 2. The summed E-state index contributed by atoms with van der Waals surface area (Å²) in [5.41, 5.74) is 0.885. The molecule has 2 aliphatic heterocycles. The minimum Gasteiger partial charge on any atom is -0.492 e. The molecule has 0 radical (unpaired) electrons. The lowest BCUT2D eigenvalue weighted by Gasteiger charge is -2.16. The number of benzene rings is 2. The van der Waals surface area contributed by atoms with E-state index in [1.165, 1.54) is 10.7 Å². The first-order chi connectivity index (χ1) is 23.5. The van der Waals surface area contributed by atoms with Crippen molar-refractivity contribution < 1.29 is 47.6 Å². The molecule has 0 fully saturated rings. The van der Waals surface area contributed by atoms with Crippen LogP contribution in [0.4, 0.5) is 0 Å². The molecule has 0 spiro atoms. The first-order valence-electron chi connectivity index (χ1n) is 15.1. The molecule has 252 valence electrons. The zero-order valence-electron chi connectivity index (χ0n) is 27.0. The molecule has 2 aromatic heterocycles. The summed E-state index contributed by atoms with van der Waals surface area (Å²) in [7, 11) is 7.67. The van der Waals surface area contributed by atoms with Gasteiger partial charge in [0, 0.05) is 55.1 Å². The highest BCUT2D eigenvalue weighted by Crippen LogP contribution is 2.48. The van der Waals surface area contributed by atoms with Crippen LogP contribution in [0.5, 0.6) is 34.6 Å². The lowest BCUT2D eigenvalue weighted by atomic mass is 10.1.